The maximum absolute atomic E-state index is 13.4. The second-order valence-electron chi connectivity index (χ2n) is 3.35. The minimum atomic E-state index is -5.21. The van der Waals surface area contributed by atoms with Crippen molar-refractivity contribution in [1.29, 1.82) is 0 Å². The van der Waals surface area contributed by atoms with Gasteiger partial charge in [0, 0.05) is 9.26 Å². The smallest absolute Gasteiger partial charge is 0.459 e. The van der Waals surface area contributed by atoms with Crippen molar-refractivity contribution in [2.75, 3.05) is 11.3 Å². The van der Waals surface area contributed by atoms with Crippen LogP contribution >= 0.6 is 22.6 Å². The maximum atomic E-state index is 13.4. The van der Waals surface area contributed by atoms with Gasteiger partial charge in [0.05, 0.1) is 6.61 Å². The fourth-order valence-corrected chi connectivity index (χ4v) is 2.27. The van der Waals surface area contributed by atoms with Crippen molar-refractivity contribution in [3.63, 3.8) is 0 Å². The third-order valence-electron chi connectivity index (χ3n) is 1.95. The fourth-order valence-electron chi connectivity index (χ4n) is 1.06. The first-order chi connectivity index (χ1) is 8.70. The first kappa shape index (κ1) is 16.1. The van der Waals surface area contributed by atoms with Gasteiger partial charge in [0.15, 0.2) is 0 Å². The molecule has 0 amide bonds. The number of ether oxygens (including phenoxy) is 1. The second-order valence-corrected chi connectivity index (χ2v) is 6.32. The number of alkyl halides is 2. The molecule has 0 aliphatic rings. The first-order valence-corrected chi connectivity index (χ1v) is 7.60. The quantitative estimate of drug-likeness (QED) is 0.603. The lowest BCUT2D eigenvalue weighted by Gasteiger charge is -2.16. The van der Waals surface area contributed by atoms with E-state index in [1.54, 1.807) is 4.72 Å². The lowest BCUT2D eigenvalue weighted by molar-refractivity contribution is -0.160. The lowest BCUT2D eigenvalue weighted by Crippen LogP contribution is -2.42. The van der Waals surface area contributed by atoms with Crippen LogP contribution in [0.1, 0.15) is 6.92 Å². The monoisotopic (exact) mass is 405 g/mol. The van der Waals surface area contributed by atoms with E-state index in [1.165, 1.54) is 31.2 Å². The van der Waals surface area contributed by atoms with Crippen LogP contribution in [0.25, 0.3) is 0 Å². The highest BCUT2D eigenvalue weighted by molar-refractivity contribution is 14.1. The summed E-state index contributed by atoms with van der Waals surface area (Å²) in [5.74, 6) is -2.10. The summed E-state index contributed by atoms with van der Waals surface area (Å²) in [5, 5.41) is -4.65. The minimum Gasteiger partial charge on any atom is -0.461 e. The Balaban J connectivity index is 2.97. The van der Waals surface area contributed by atoms with Crippen molar-refractivity contribution in [1.82, 2.24) is 0 Å². The Morgan fingerprint density at radius 1 is 1.37 bits per heavy atom. The van der Waals surface area contributed by atoms with Crippen LogP contribution in [-0.2, 0) is 19.6 Å². The van der Waals surface area contributed by atoms with Crippen molar-refractivity contribution in [3.05, 3.63) is 27.8 Å². The van der Waals surface area contributed by atoms with Gasteiger partial charge in [0.2, 0.25) is 0 Å². The zero-order chi connectivity index (χ0) is 14.7. The predicted octanol–water partition coefficient (Wildman–Crippen LogP) is 2.19. The van der Waals surface area contributed by atoms with E-state index in [0.29, 0.717) is 0 Å². The minimum absolute atomic E-state index is 0.0654. The number of nitrogens with one attached hydrogen (secondary N) is 1. The number of carbonyl (C=O) groups excluding carboxylic acids is 1. The molecule has 0 saturated carbocycles. The Morgan fingerprint density at radius 2 is 1.89 bits per heavy atom. The number of anilines is 1. The molecular weight excluding hydrogens is 395 g/mol. The Bertz CT molecular complexity index is 559. The molecule has 9 heteroatoms. The van der Waals surface area contributed by atoms with E-state index in [0.717, 1.165) is 3.57 Å². The maximum Gasteiger partial charge on any atom is 0.459 e. The fraction of sp³-hybridized carbons (Fsp3) is 0.300. The van der Waals surface area contributed by atoms with Gasteiger partial charge < -0.3 is 4.74 Å². The summed E-state index contributed by atoms with van der Waals surface area (Å²) >= 11 is 1.97. The van der Waals surface area contributed by atoms with Crippen molar-refractivity contribution in [2.45, 2.75) is 12.2 Å². The Kier molecular flexibility index (Phi) is 5.07. The summed E-state index contributed by atoms with van der Waals surface area (Å²) < 4.78 is 56.2. The first-order valence-electron chi connectivity index (χ1n) is 5.03. The molecule has 0 atom stereocenters. The standard InChI is InChI=1S/C10H10F2INO4S/c1-2-18-9(15)10(11,12)19(16,17)14-8-5-3-7(13)4-6-8/h3-6,14H,2H2,1H3. The third kappa shape index (κ3) is 3.75. The summed E-state index contributed by atoms with van der Waals surface area (Å²) in [5.41, 5.74) is -0.0654. The molecule has 0 unspecified atom stereocenters. The van der Waals surface area contributed by atoms with Crippen LogP contribution in [0.2, 0.25) is 0 Å². The highest BCUT2D eigenvalue weighted by atomic mass is 127. The van der Waals surface area contributed by atoms with Crippen molar-refractivity contribution in [3.8, 4) is 0 Å². The number of hydrogen-bond acceptors (Lipinski definition) is 4. The molecule has 19 heavy (non-hydrogen) atoms. The van der Waals surface area contributed by atoms with Gasteiger partial charge in [-0.25, -0.2) is 4.79 Å². The van der Waals surface area contributed by atoms with E-state index in [2.05, 4.69) is 4.74 Å². The van der Waals surface area contributed by atoms with Gasteiger partial charge in [-0.2, -0.15) is 17.2 Å². The summed E-state index contributed by atoms with van der Waals surface area (Å²) in [7, 11) is -5.21. The number of esters is 1. The molecule has 0 bridgehead atoms. The summed E-state index contributed by atoms with van der Waals surface area (Å²) in [4.78, 5) is 11.0. The van der Waals surface area contributed by atoms with Gasteiger partial charge in [-0.1, -0.05) is 0 Å². The molecule has 1 aromatic carbocycles. The van der Waals surface area contributed by atoms with Gasteiger partial charge in [0.1, 0.15) is 0 Å². The predicted molar refractivity (Wildman–Crippen MR) is 73.3 cm³/mol. The number of sulfonamides is 1. The van der Waals surface area contributed by atoms with Crippen LogP contribution < -0.4 is 4.72 Å². The number of carbonyl (C=O) groups is 1. The second kappa shape index (κ2) is 5.99. The van der Waals surface area contributed by atoms with Gasteiger partial charge >= 0.3 is 21.2 Å². The van der Waals surface area contributed by atoms with Crippen LogP contribution in [0, 0.1) is 3.57 Å². The molecule has 1 aromatic rings. The molecule has 1 rings (SSSR count). The average molecular weight is 405 g/mol. The third-order valence-corrected chi connectivity index (χ3v) is 4.01. The van der Waals surface area contributed by atoms with Crippen LogP contribution in [0.15, 0.2) is 24.3 Å². The molecule has 5 nitrogen and oxygen atoms in total. The van der Waals surface area contributed by atoms with Gasteiger partial charge in [0.25, 0.3) is 0 Å². The molecule has 0 fully saturated rings. The Hall–Kier alpha value is -0.970. The zero-order valence-electron chi connectivity index (χ0n) is 9.69. The molecule has 0 aliphatic carbocycles. The van der Waals surface area contributed by atoms with Crippen LogP contribution in [-0.4, -0.2) is 26.2 Å². The van der Waals surface area contributed by atoms with Crippen molar-refractivity contribution >= 4 is 44.3 Å². The average Bonchev–Trinajstić information content (AvgIpc) is 2.32. The molecule has 0 spiro atoms. The van der Waals surface area contributed by atoms with Crippen molar-refractivity contribution < 1.29 is 26.7 Å². The lowest BCUT2D eigenvalue weighted by atomic mass is 10.3. The normalized spacial score (nSPS) is 12.0. The highest BCUT2D eigenvalue weighted by Crippen LogP contribution is 2.26. The SMILES string of the molecule is CCOC(=O)C(F)(F)S(=O)(=O)Nc1ccc(I)cc1. The number of rotatable bonds is 5. The van der Waals surface area contributed by atoms with Crippen molar-refractivity contribution in [2.24, 2.45) is 0 Å². The number of benzene rings is 1. The summed E-state index contributed by atoms with van der Waals surface area (Å²) in [6.07, 6.45) is 0. The Morgan fingerprint density at radius 3 is 2.37 bits per heavy atom. The van der Waals surface area contributed by atoms with Gasteiger partial charge in [-0.3, -0.25) is 4.72 Å². The van der Waals surface area contributed by atoms with E-state index in [9.17, 15) is 22.0 Å². The van der Waals surface area contributed by atoms with E-state index in [4.69, 9.17) is 0 Å². The topological polar surface area (TPSA) is 72.5 Å². The zero-order valence-corrected chi connectivity index (χ0v) is 12.7. The molecular formula is C10H10F2INO4S. The Labute approximate surface area is 122 Å². The molecule has 0 radical (unpaired) electrons. The number of halogens is 3. The molecule has 1 N–H and O–H groups in total. The highest BCUT2D eigenvalue weighted by Gasteiger charge is 2.54. The molecule has 0 saturated heterocycles. The van der Waals surface area contributed by atoms with E-state index < -0.39 is 21.2 Å². The van der Waals surface area contributed by atoms with Crippen LogP contribution in [0.3, 0.4) is 0 Å². The molecule has 106 valence electrons. The van der Waals surface area contributed by atoms with Gasteiger partial charge in [-0.15, -0.1) is 0 Å². The molecule has 0 heterocycles. The summed E-state index contributed by atoms with van der Waals surface area (Å²) in [6, 6.07) is 5.67. The molecule has 0 aromatic heterocycles. The van der Waals surface area contributed by atoms with Crippen LogP contribution in [0.5, 0.6) is 0 Å². The van der Waals surface area contributed by atoms with E-state index in [-0.39, 0.29) is 12.3 Å². The van der Waals surface area contributed by atoms with E-state index in [1.807, 2.05) is 22.6 Å². The summed E-state index contributed by atoms with van der Waals surface area (Å²) in [6.45, 7) is 0.959. The van der Waals surface area contributed by atoms with Crippen LogP contribution in [0.4, 0.5) is 14.5 Å². The largest absolute Gasteiger partial charge is 0.461 e. The van der Waals surface area contributed by atoms with E-state index >= 15 is 0 Å². The number of hydrogen-bond donors (Lipinski definition) is 1. The van der Waals surface area contributed by atoms with Gasteiger partial charge in [-0.05, 0) is 53.8 Å². The molecule has 0 aliphatic heterocycles.